The van der Waals surface area contributed by atoms with Crippen molar-refractivity contribution in [3.63, 3.8) is 0 Å². The molecule has 3 rings (SSSR count). The van der Waals surface area contributed by atoms with Gasteiger partial charge in [0.25, 0.3) is 0 Å². The van der Waals surface area contributed by atoms with E-state index in [-0.39, 0.29) is 5.91 Å². The minimum Gasteiger partial charge on any atom is -0.486 e. The molecule has 0 atom stereocenters. The van der Waals surface area contributed by atoms with E-state index in [1.54, 1.807) is 42.5 Å². The van der Waals surface area contributed by atoms with Crippen LogP contribution < -0.4 is 25.4 Å². The van der Waals surface area contributed by atoms with E-state index in [9.17, 15) is 14.4 Å². The molecule has 0 radical (unpaired) electrons. The van der Waals surface area contributed by atoms with Gasteiger partial charge in [0.05, 0.1) is 0 Å². The number of benzene rings is 2. The van der Waals surface area contributed by atoms with Gasteiger partial charge >= 0.3 is 11.8 Å². The Morgan fingerprint density at radius 2 is 1.35 bits per heavy atom. The average molecular weight is 355 g/mol. The van der Waals surface area contributed by atoms with E-state index in [4.69, 9.17) is 9.47 Å². The lowest BCUT2D eigenvalue weighted by atomic mass is 10.2. The van der Waals surface area contributed by atoms with E-state index in [1.165, 1.54) is 6.92 Å². The smallest absolute Gasteiger partial charge is 0.314 e. The third-order valence-corrected chi connectivity index (χ3v) is 3.45. The van der Waals surface area contributed by atoms with Crippen molar-refractivity contribution in [2.45, 2.75) is 6.92 Å². The molecule has 0 fully saturated rings. The first kappa shape index (κ1) is 17.3. The highest BCUT2D eigenvalue weighted by atomic mass is 16.6. The highest BCUT2D eigenvalue weighted by molar-refractivity contribution is 6.43. The number of fused-ring (bicyclic) bond motifs is 1. The molecule has 0 saturated heterocycles. The third-order valence-electron chi connectivity index (χ3n) is 3.45. The van der Waals surface area contributed by atoms with Crippen molar-refractivity contribution >= 4 is 34.8 Å². The molecular weight excluding hydrogens is 338 g/mol. The summed E-state index contributed by atoms with van der Waals surface area (Å²) in [4.78, 5) is 35.2. The van der Waals surface area contributed by atoms with E-state index in [1.807, 2.05) is 0 Å². The van der Waals surface area contributed by atoms with Crippen LogP contribution >= 0.6 is 0 Å². The summed E-state index contributed by atoms with van der Waals surface area (Å²) in [6.45, 7) is 2.28. The Hall–Kier alpha value is -3.55. The first-order valence-electron chi connectivity index (χ1n) is 7.91. The SMILES string of the molecule is CC(=O)Nc1cccc(NC(=O)C(=O)Nc2ccc3c(c2)OCCO3)c1. The molecule has 0 aliphatic carbocycles. The minimum atomic E-state index is -0.833. The highest BCUT2D eigenvalue weighted by Gasteiger charge is 2.17. The lowest BCUT2D eigenvalue weighted by Crippen LogP contribution is -2.29. The monoisotopic (exact) mass is 355 g/mol. The van der Waals surface area contributed by atoms with Gasteiger partial charge in [-0.15, -0.1) is 0 Å². The van der Waals surface area contributed by atoms with Gasteiger partial charge < -0.3 is 25.4 Å². The van der Waals surface area contributed by atoms with Crippen LogP contribution in [0.1, 0.15) is 6.92 Å². The summed E-state index contributed by atoms with van der Waals surface area (Å²) < 4.78 is 10.8. The summed E-state index contributed by atoms with van der Waals surface area (Å²) in [6, 6.07) is 11.4. The number of carbonyl (C=O) groups is 3. The largest absolute Gasteiger partial charge is 0.486 e. The van der Waals surface area contributed by atoms with Crippen molar-refractivity contribution in [2.75, 3.05) is 29.2 Å². The predicted molar refractivity (Wildman–Crippen MR) is 95.4 cm³/mol. The fourth-order valence-electron chi connectivity index (χ4n) is 2.37. The zero-order valence-corrected chi connectivity index (χ0v) is 14.0. The fourth-order valence-corrected chi connectivity index (χ4v) is 2.37. The molecule has 1 aliphatic rings. The Morgan fingerprint density at radius 1 is 0.769 bits per heavy atom. The van der Waals surface area contributed by atoms with Gasteiger partial charge in [0.1, 0.15) is 13.2 Å². The second kappa shape index (κ2) is 7.56. The Labute approximate surface area is 149 Å². The molecule has 0 spiro atoms. The van der Waals surface area contributed by atoms with Crippen LogP contribution in [0.25, 0.3) is 0 Å². The van der Waals surface area contributed by atoms with Gasteiger partial charge in [0.15, 0.2) is 11.5 Å². The number of ether oxygens (including phenoxy) is 2. The molecule has 0 aromatic heterocycles. The first-order chi connectivity index (χ1) is 12.5. The molecule has 1 heterocycles. The molecule has 2 aromatic rings. The molecule has 26 heavy (non-hydrogen) atoms. The van der Waals surface area contributed by atoms with Crippen LogP contribution in [0, 0.1) is 0 Å². The van der Waals surface area contributed by atoms with Crippen molar-refractivity contribution in [3.8, 4) is 11.5 Å². The van der Waals surface area contributed by atoms with Gasteiger partial charge in [-0.05, 0) is 30.3 Å². The van der Waals surface area contributed by atoms with Gasteiger partial charge in [-0.2, -0.15) is 0 Å². The summed E-state index contributed by atoms with van der Waals surface area (Å²) in [5.41, 5.74) is 1.32. The molecule has 0 unspecified atom stereocenters. The molecular formula is C18H17N3O5. The van der Waals surface area contributed by atoms with Crippen LogP contribution in [0.5, 0.6) is 11.5 Å². The van der Waals surface area contributed by atoms with Crippen molar-refractivity contribution in [3.05, 3.63) is 42.5 Å². The molecule has 8 heteroatoms. The fraction of sp³-hybridized carbons (Fsp3) is 0.167. The maximum atomic E-state index is 12.1. The molecule has 0 saturated carbocycles. The first-order valence-corrected chi connectivity index (χ1v) is 7.91. The van der Waals surface area contributed by atoms with Gasteiger partial charge in [0, 0.05) is 30.1 Å². The van der Waals surface area contributed by atoms with Crippen molar-refractivity contribution in [1.82, 2.24) is 0 Å². The number of anilines is 3. The van der Waals surface area contributed by atoms with E-state index in [2.05, 4.69) is 16.0 Å². The molecule has 8 nitrogen and oxygen atoms in total. The van der Waals surface area contributed by atoms with Crippen LogP contribution in [0.3, 0.4) is 0 Å². The van der Waals surface area contributed by atoms with Crippen molar-refractivity contribution in [2.24, 2.45) is 0 Å². The summed E-state index contributed by atoms with van der Waals surface area (Å²) >= 11 is 0. The zero-order valence-electron chi connectivity index (χ0n) is 14.0. The number of hydrogen-bond donors (Lipinski definition) is 3. The molecule has 134 valence electrons. The lowest BCUT2D eigenvalue weighted by Gasteiger charge is -2.18. The van der Waals surface area contributed by atoms with E-state index in [0.29, 0.717) is 41.8 Å². The zero-order chi connectivity index (χ0) is 18.5. The third kappa shape index (κ3) is 4.29. The second-order valence-electron chi connectivity index (χ2n) is 5.53. The van der Waals surface area contributed by atoms with Crippen LogP contribution in [0.15, 0.2) is 42.5 Å². The molecule has 2 aromatic carbocycles. The van der Waals surface area contributed by atoms with E-state index >= 15 is 0 Å². The average Bonchev–Trinajstić information content (AvgIpc) is 2.61. The van der Waals surface area contributed by atoms with Gasteiger partial charge in [-0.3, -0.25) is 14.4 Å². The Kier molecular flexibility index (Phi) is 5.02. The van der Waals surface area contributed by atoms with Gasteiger partial charge in [-0.25, -0.2) is 0 Å². The Balaban J connectivity index is 1.63. The van der Waals surface area contributed by atoms with Gasteiger partial charge in [0.2, 0.25) is 5.91 Å². The summed E-state index contributed by atoms with van der Waals surface area (Å²) in [7, 11) is 0. The highest BCUT2D eigenvalue weighted by Crippen LogP contribution is 2.32. The van der Waals surface area contributed by atoms with Crippen molar-refractivity contribution < 1.29 is 23.9 Å². The maximum absolute atomic E-state index is 12.1. The number of hydrogen-bond acceptors (Lipinski definition) is 5. The van der Waals surface area contributed by atoms with Crippen LogP contribution in [-0.4, -0.2) is 30.9 Å². The molecule has 3 amide bonds. The number of carbonyl (C=O) groups excluding carboxylic acids is 3. The summed E-state index contributed by atoms with van der Waals surface area (Å²) in [5, 5.41) is 7.58. The quantitative estimate of drug-likeness (QED) is 0.730. The molecule has 3 N–H and O–H groups in total. The van der Waals surface area contributed by atoms with Crippen LogP contribution in [0.2, 0.25) is 0 Å². The van der Waals surface area contributed by atoms with E-state index < -0.39 is 11.8 Å². The normalized spacial score (nSPS) is 12.0. The summed E-state index contributed by atoms with van der Waals surface area (Å²) in [6.07, 6.45) is 0. The van der Waals surface area contributed by atoms with Gasteiger partial charge in [-0.1, -0.05) is 6.07 Å². The molecule has 1 aliphatic heterocycles. The standard InChI is InChI=1S/C18H17N3O5/c1-11(22)19-12-3-2-4-13(9-12)20-17(23)18(24)21-14-5-6-15-16(10-14)26-8-7-25-15/h2-6,9-10H,7-8H2,1H3,(H,19,22)(H,20,23)(H,21,24). The Morgan fingerprint density at radius 3 is 2.00 bits per heavy atom. The van der Waals surface area contributed by atoms with E-state index in [0.717, 1.165) is 0 Å². The lowest BCUT2D eigenvalue weighted by molar-refractivity contribution is -0.132. The Bertz CT molecular complexity index is 866. The number of rotatable bonds is 3. The van der Waals surface area contributed by atoms with Crippen LogP contribution in [-0.2, 0) is 14.4 Å². The van der Waals surface area contributed by atoms with Crippen LogP contribution in [0.4, 0.5) is 17.1 Å². The second-order valence-corrected chi connectivity index (χ2v) is 5.53. The van der Waals surface area contributed by atoms with Crippen molar-refractivity contribution in [1.29, 1.82) is 0 Å². The topological polar surface area (TPSA) is 106 Å². The summed E-state index contributed by atoms with van der Waals surface area (Å²) in [5.74, 6) is -0.790. The predicted octanol–water partition coefficient (Wildman–Crippen LogP) is 1.99. The number of nitrogens with one attached hydrogen (secondary N) is 3. The minimum absolute atomic E-state index is 0.232. The number of amides is 3. The molecule has 0 bridgehead atoms. The maximum Gasteiger partial charge on any atom is 0.314 e.